The third-order valence-electron chi connectivity index (χ3n) is 3.84. The maximum Gasteiger partial charge on any atom is 0.253 e. The molecule has 1 N–H and O–H groups in total. The third-order valence-corrected chi connectivity index (χ3v) is 4.98. The van der Waals surface area contributed by atoms with Crippen molar-refractivity contribution in [2.24, 2.45) is 0 Å². The Balaban J connectivity index is 0.00000133. The second-order valence-electron chi connectivity index (χ2n) is 4.98. The van der Waals surface area contributed by atoms with E-state index in [1.54, 1.807) is 0 Å². The van der Waals surface area contributed by atoms with Gasteiger partial charge in [0.1, 0.15) is 0 Å². The first-order valence-corrected chi connectivity index (χ1v) is 7.63. The molecule has 2 heterocycles. The molecule has 1 fully saturated rings. The molecule has 19 heavy (non-hydrogen) atoms. The fourth-order valence-electron chi connectivity index (χ4n) is 2.63. The van der Waals surface area contributed by atoms with Gasteiger partial charge in [-0.1, -0.05) is 0 Å². The van der Waals surface area contributed by atoms with E-state index in [1.807, 2.05) is 35.8 Å². The van der Waals surface area contributed by atoms with Crippen molar-refractivity contribution in [1.82, 2.24) is 4.90 Å². The Kier molecular flexibility index (Phi) is 4.63. The zero-order chi connectivity index (χ0) is 12.5. The van der Waals surface area contributed by atoms with Crippen LogP contribution in [0.15, 0.2) is 18.2 Å². The second kappa shape index (κ2) is 6.06. The minimum absolute atomic E-state index is 0. The Morgan fingerprint density at radius 3 is 3.05 bits per heavy atom. The Bertz CT molecular complexity index is 475. The maximum absolute atomic E-state index is 12.4. The third kappa shape index (κ3) is 2.84. The van der Waals surface area contributed by atoms with Crippen molar-refractivity contribution in [1.29, 1.82) is 0 Å². The summed E-state index contributed by atoms with van der Waals surface area (Å²) in [5.74, 6) is 2.42. The lowest BCUT2D eigenvalue weighted by Gasteiger charge is -2.24. The Morgan fingerprint density at radius 1 is 1.47 bits per heavy atom. The number of hydrogen-bond donors (Lipinski definition) is 1. The number of rotatable bonds is 2. The highest BCUT2D eigenvalue weighted by atomic mass is 35.5. The normalized spacial score (nSPS) is 20.4. The van der Waals surface area contributed by atoms with Crippen molar-refractivity contribution >= 4 is 35.8 Å². The summed E-state index contributed by atoms with van der Waals surface area (Å²) >= 11 is 1.94. The van der Waals surface area contributed by atoms with Crippen LogP contribution in [0.3, 0.4) is 0 Å². The molecule has 0 aromatic heterocycles. The molecule has 2 aliphatic rings. The average molecular weight is 299 g/mol. The molecular formula is C14H19ClN2OS. The van der Waals surface area contributed by atoms with Crippen molar-refractivity contribution in [2.45, 2.75) is 18.9 Å². The molecule has 1 saturated heterocycles. The summed E-state index contributed by atoms with van der Waals surface area (Å²) in [7, 11) is 1.93. The number of fused-ring (bicyclic) bond motifs is 1. The predicted molar refractivity (Wildman–Crippen MR) is 83.7 cm³/mol. The van der Waals surface area contributed by atoms with Gasteiger partial charge in [0, 0.05) is 36.6 Å². The minimum Gasteiger partial charge on any atom is -0.384 e. The van der Waals surface area contributed by atoms with E-state index in [1.165, 1.54) is 17.0 Å². The van der Waals surface area contributed by atoms with Gasteiger partial charge >= 0.3 is 0 Å². The molecule has 5 heteroatoms. The van der Waals surface area contributed by atoms with Crippen molar-refractivity contribution in [3.05, 3.63) is 29.3 Å². The molecule has 1 amide bonds. The van der Waals surface area contributed by atoms with Crippen LogP contribution in [0.2, 0.25) is 0 Å². The fraction of sp³-hybridized carbons (Fsp3) is 0.500. The van der Waals surface area contributed by atoms with Crippen molar-refractivity contribution < 1.29 is 4.79 Å². The SMILES string of the molecule is CN(C(=O)c1ccc2c(c1)CCN2)C1CCSC1.Cl. The number of benzene rings is 1. The monoisotopic (exact) mass is 298 g/mol. The molecule has 1 aromatic carbocycles. The van der Waals surface area contributed by atoms with E-state index < -0.39 is 0 Å². The van der Waals surface area contributed by atoms with Gasteiger partial charge in [0.05, 0.1) is 0 Å². The molecule has 1 unspecified atom stereocenters. The van der Waals surface area contributed by atoms with Crippen LogP contribution in [0, 0.1) is 0 Å². The van der Waals surface area contributed by atoms with Crippen LogP contribution in [0.25, 0.3) is 0 Å². The molecule has 104 valence electrons. The van der Waals surface area contributed by atoms with Gasteiger partial charge in [0.15, 0.2) is 0 Å². The number of nitrogens with one attached hydrogen (secondary N) is 1. The van der Waals surface area contributed by atoms with E-state index in [0.717, 1.165) is 30.7 Å². The summed E-state index contributed by atoms with van der Waals surface area (Å²) in [6.45, 7) is 0.988. The number of thioether (sulfide) groups is 1. The summed E-state index contributed by atoms with van der Waals surface area (Å²) in [4.78, 5) is 14.3. The molecule has 2 aliphatic heterocycles. The summed E-state index contributed by atoms with van der Waals surface area (Å²) in [5, 5.41) is 3.32. The number of carbonyl (C=O) groups excluding carboxylic acids is 1. The van der Waals surface area contributed by atoms with E-state index in [0.29, 0.717) is 6.04 Å². The summed E-state index contributed by atoms with van der Waals surface area (Å²) in [5.41, 5.74) is 3.29. The summed E-state index contributed by atoms with van der Waals surface area (Å²) < 4.78 is 0. The quantitative estimate of drug-likeness (QED) is 0.911. The molecule has 0 saturated carbocycles. The lowest BCUT2D eigenvalue weighted by molar-refractivity contribution is 0.0748. The first kappa shape index (κ1) is 14.5. The lowest BCUT2D eigenvalue weighted by atomic mass is 10.1. The molecule has 0 radical (unpaired) electrons. The van der Waals surface area contributed by atoms with Gasteiger partial charge in [-0.05, 0) is 42.4 Å². The largest absolute Gasteiger partial charge is 0.384 e. The van der Waals surface area contributed by atoms with Crippen molar-refractivity contribution in [3.8, 4) is 0 Å². The average Bonchev–Trinajstić information content (AvgIpc) is 3.06. The second-order valence-corrected chi connectivity index (χ2v) is 6.13. The predicted octanol–water partition coefficient (Wildman–Crippen LogP) is 2.65. The van der Waals surface area contributed by atoms with Crippen LogP contribution < -0.4 is 5.32 Å². The molecule has 1 aromatic rings. The molecular weight excluding hydrogens is 280 g/mol. The highest BCUT2D eigenvalue weighted by Crippen LogP contribution is 2.26. The maximum atomic E-state index is 12.4. The van der Waals surface area contributed by atoms with Crippen LogP contribution in [0.4, 0.5) is 5.69 Å². The van der Waals surface area contributed by atoms with Gasteiger partial charge in [-0.15, -0.1) is 12.4 Å². The first-order valence-electron chi connectivity index (χ1n) is 6.47. The van der Waals surface area contributed by atoms with E-state index in [9.17, 15) is 4.79 Å². The summed E-state index contributed by atoms with van der Waals surface area (Å²) in [6, 6.07) is 6.44. The van der Waals surface area contributed by atoms with Crippen LogP contribution >= 0.6 is 24.2 Å². The van der Waals surface area contributed by atoms with E-state index in [4.69, 9.17) is 0 Å². The lowest BCUT2D eigenvalue weighted by Crippen LogP contribution is -2.36. The number of amides is 1. The van der Waals surface area contributed by atoms with Gasteiger partial charge in [0.2, 0.25) is 0 Å². The van der Waals surface area contributed by atoms with Gasteiger partial charge in [-0.2, -0.15) is 11.8 Å². The number of carbonyl (C=O) groups is 1. The van der Waals surface area contributed by atoms with Crippen molar-refractivity contribution in [2.75, 3.05) is 30.4 Å². The Morgan fingerprint density at radius 2 is 2.32 bits per heavy atom. The molecule has 0 spiro atoms. The van der Waals surface area contributed by atoms with Crippen LogP contribution in [-0.2, 0) is 6.42 Å². The molecule has 1 atom stereocenters. The number of anilines is 1. The number of nitrogens with zero attached hydrogens (tertiary/aromatic N) is 1. The highest BCUT2D eigenvalue weighted by molar-refractivity contribution is 7.99. The molecule has 3 rings (SSSR count). The first-order chi connectivity index (χ1) is 8.75. The van der Waals surface area contributed by atoms with Gasteiger partial charge < -0.3 is 10.2 Å². The zero-order valence-electron chi connectivity index (χ0n) is 11.0. The summed E-state index contributed by atoms with van der Waals surface area (Å²) in [6.07, 6.45) is 2.15. The zero-order valence-corrected chi connectivity index (χ0v) is 12.6. The minimum atomic E-state index is 0. The van der Waals surface area contributed by atoms with Gasteiger partial charge in [0.25, 0.3) is 5.91 Å². The molecule has 0 aliphatic carbocycles. The Hall–Kier alpha value is -0.870. The highest BCUT2D eigenvalue weighted by Gasteiger charge is 2.25. The van der Waals surface area contributed by atoms with Crippen LogP contribution in [-0.4, -0.2) is 41.9 Å². The van der Waals surface area contributed by atoms with E-state index in [-0.39, 0.29) is 18.3 Å². The van der Waals surface area contributed by atoms with Crippen molar-refractivity contribution in [3.63, 3.8) is 0 Å². The van der Waals surface area contributed by atoms with Crippen LogP contribution in [0.1, 0.15) is 22.3 Å². The molecule has 3 nitrogen and oxygen atoms in total. The van der Waals surface area contributed by atoms with Crippen LogP contribution in [0.5, 0.6) is 0 Å². The number of hydrogen-bond acceptors (Lipinski definition) is 3. The number of halogens is 1. The Labute approximate surface area is 124 Å². The van der Waals surface area contributed by atoms with Gasteiger partial charge in [-0.25, -0.2) is 0 Å². The topological polar surface area (TPSA) is 32.3 Å². The van der Waals surface area contributed by atoms with Gasteiger partial charge in [-0.3, -0.25) is 4.79 Å². The van der Waals surface area contributed by atoms with E-state index >= 15 is 0 Å². The smallest absolute Gasteiger partial charge is 0.253 e. The fourth-order valence-corrected chi connectivity index (χ4v) is 3.90. The van der Waals surface area contributed by atoms with E-state index in [2.05, 4.69) is 11.4 Å². The molecule has 0 bridgehead atoms. The standard InChI is InChI=1S/C14H18N2OS.ClH/c1-16(12-5-7-18-9-12)14(17)11-2-3-13-10(8-11)4-6-15-13;/h2-3,8,12,15H,4-7,9H2,1H3;1H.